The number of nitrogens with one attached hydrogen (secondary N) is 3. The second-order valence-corrected chi connectivity index (χ2v) is 12.1. The van der Waals surface area contributed by atoms with Crippen molar-refractivity contribution < 1.29 is 39.4 Å². The zero-order valence-corrected chi connectivity index (χ0v) is 25.5. The fourth-order valence-corrected chi connectivity index (χ4v) is 6.12. The molecule has 0 aromatic rings. The van der Waals surface area contributed by atoms with Gasteiger partial charge >= 0.3 is 0 Å². The van der Waals surface area contributed by atoms with E-state index in [0.717, 1.165) is 6.42 Å². The van der Waals surface area contributed by atoms with Crippen LogP contribution in [0.2, 0.25) is 0 Å². The maximum atomic E-state index is 13.0. The number of nitrogens with zero attached hydrogens (tertiary/aromatic N) is 1. The van der Waals surface area contributed by atoms with Crippen LogP contribution in [-0.4, -0.2) is 139 Å². The van der Waals surface area contributed by atoms with Crippen molar-refractivity contribution in [2.75, 3.05) is 39.8 Å². The van der Waals surface area contributed by atoms with Crippen LogP contribution < -0.4 is 44.6 Å². The third-order valence-electron chi connectivity index (χ3n) is 8.47. The molecule has 1 saturated carbocycles. The smallest absolute Gasteiger partial charge is 0.249 e. The van der Waals surface area contributed by atoms with E-state index in [4.69, 9.17) is 42.9 Å². The first-order valence-electron chi connectivity index (χ1n) is 15.1. The predicted octanol–water partition coefficient (Wildman–Crippen LogP) is -5.42. The Hall–Kier alpha value is -2.16. The fraction of sp³-hybridized carbons (Fsp3) is 0.852. The number of carbonyl (C=O) groups is 1. The number of guanidine groups is 1. The Bertz CT molecular complexity index is 985. The molecule has 3 rings (SSSR count). The number of hydrogen-bond donors (Lipinski definition) is 12. The van der Waals surface area contributed by atoms with Crippen LogP contribution in [0.25, 0.3) is 0 Å². The third kappa shape index (κ3) is 9.20. The number of aliphatic hydroxyl groups excluding tert-OH is 3. The molecule has 2 fully saturated rings. The first-order chi connectivity index (χ1) is 20.8. The molecule has 17 nitrogen and oxygen atoms in total. The lowest BCUT2D eigenvalue weighted by molar-refractivity contribution is -0.297. The summed E-state index contributed by atoms with van der Waals surface area (Å²) in [4.78, 5) is 16.8. The number of likely N-dealkylation sites (N-methyl/N-ethyl adjacent to an activating group) is 1. The monoisotopic (exact) mass is 631 g/mol. The Morgan fingerprint density at radius 1 is 1.25 bits per heavy atom. The molecule has 0 aromatic heterocycles. The van der Waals surface area contributed by atoms with Gasteiger partial charge in [0, 0.05) is 31.0 Å². The van der Waals surface area contributed by atoms with Crippen molar-refractivity contribution in [2.24, 2.45) is 39.6 Å². The van der Waals surface area contributed by atoms with Gasteiger partial charge in [0.05, 0.1) is 31.3 Å². The maximum absolute atomic E-state index is 13.0. The second kappa shape index (κ2) is 16.4. The van der Waals surface area contributed by atoms with Crippen LogP contribution in [0.5, 0.6) is 0 Å². The topological polar surface area (TPSA) is 304 Å². The van der Waals surface area contributed by atoms with Gasteiger partial charge in [-0.15, -0.1) is 0 Å². The van der Waals surface area contributed by atoms with Gasteiger partial charge in [-0.2, -0.15) is 0 Å². The average Bonchev–Trinajstić information content (AvgIpc) is 2.95. The minimum absolute atomic E-state index is 0.0208. The highest BCUT2D eigenvalue weighted by Gasteiger charge is 2.53. The summed E-state index contributed by atoms with van der Waals surface area (Å²) in [5.74, 6) is -0.981. The van der Waals surface area contributed by atoms with Gasteiger partial charge in [0.1, 0.15) is 35.8 Å². The summed E-state index contributed by atoms with van der Waals surface area (Å²) >= 11 is 0. The number of ether oxygens (including phenoxy) is 3. The van der Waals surface area contributed by atoms with Crippen LogP contribution >= 0.6 is 0 Å². The largest absolute Gasteiger partial charge is 0.492 e. The lowest BCUT2D eigenvalue weighted by Crippen LogP contribution is -2.69. The van der Waals surface area contributed by atoms with Crippen molar-refractivity contribution in [2.45, 2.75) is 99.2 Å². The molecule has 1 unspecified atom stereocenters. The normalized spacial score (nSPS) is 38.2. The molecule has 12 atom stereocenters. The molecular formula is C27H53N9O8. The lowest BCUT2D eigenvalue weighted by atomic mass is 9.72. The molecule has 0 radical (unpaired) electrons. The van der Waals surface area contributed by atoms with Crippen molar-refractivity contribution in [3.05, 3.63) is 11.8 Å². The van der Waals surface area contributed by atoms with E-state index in [2.05, 4.69) is 20.9 Å². The molecular weight excluding hydrogens is 578 g/mol. The van der Waals surface area contributed by atoms with E-state index >= 15 is 0 Å². The molecule has 3 aliphatic rings. The van der Waals surface area contributed by atoms with Crippen LogP contribution in [0.4, 0.5) is 0 Å². The number of hydrogen-bond acceptors (Lipinski definition) is 14. The molecule has 0 spiro atoms. The van der Waals surface area contributed by atoms with E-state index in [0.29, 0.717) is 31.8 Å². The van der Waals surface area contributed by atoms with Crippen molar-refractivity contribution in [3.63, 3.8) is 0 Å². The second-order valence-electron chi connectivity index (χ2n) is 12.1. The Labute approximate surface area is 257 Å². The first-order valence-corrected chi connectivity index (χ1v) is 15.1. The fourth-order valence-electron chi connectivity index (χ4n) is 6.12. The number of rotatable bonds is 14. The molecule has 2 aliphatic heterocycles. The summed E-state index contributed by atoms with van der Waals surface area (Å²) in [7, 11) is 1.58. The standard InChI is InChI=1S/C27H53N9O8/c1-27(41)12-42-25(20(39)23(27)33-2)44-22-16(36-24(40)17(37)6-9-35-26(31)32)10-15(30)18(19(22)38)21-14(29)5-4-13(43-21)11-34-8-3-7-28/h4,14-23,25,33-34,37-39,41H,3,5-12,28-30H2,1-2H3,(H,36,40)(H4,31,32,35)/t14-,15+,16-,17+,18?,19+,20-,21+,22+,23-,25-,27+/m1/s1. The van der Waals surface area contributed by atoms with Crippen molar-refractivity contribution in [1.29, 1.82) is 0 Å². The molecule has 0 bridgehead atoms. The molecule has 0 aromatic carbocycles. The zero-order chi connectivity index (χ0) is 32.6. The summed E-state index contributed by atoms with van der Waals surface area (Å²) in [6.07, 6.45) is -4.01. The number of nitrogens with two attached hydrogens (primary N) is 5. The van der Waals surface area contributed by atoms with Crippen LogP contribution in [0.3, 0.4) is 0 Å². The molecule has 1 aliphatic carbocycles. The molecule has 17 heteroatoms. The van der Waals surface area contributed by atoms with Gasteiger partial charge in [-0.25, -0.2) is 0 Å². The molecule has 2 heterocycles. The Morgan fingerprint density at radius 2 is 1.98 bits per heavy atom. The molecule has 1 amide bonds. The van der Waals surface area contributed by atoms with Crippen LogP contribution in [-0.2, 0) is 19.0 Å². The molecule has 254 valence electrons. The SMILES string of the molecule is CN[C@@H]1[C@@H](O)[C@@H](O[C@H]2[C@H](NC(=O)[C@@H](O)CCN=C(N)N)C[C@H](N)C([C@H]3OC(CNCCCN)=CC[C@H]3N)[C@@H]2O)OC[C@]1(C)O. The number of amides is 1. The summed E-state index contributed by atoms with van der Waals surface area (Å²) < 4.78 is 18.1. The van der Waals surface area contributed by atoms with Crippen LogP contribution in [0.1, 0.15) is 32.6 Å². The van der Waals surface area contributed by atoms with E-state index in [-0.39, 0.29) is 32.0 Å². The van der Waals surface area contributed by atoms with Crippen molar-refractivity contribution in [1.82, 2.24) is 16.0 Å². The van der Waals surface area contributed by atoms with E-state index < -0.39 is 78.4 Å². The summed E-state index contributed by atoms with van der Waals surface area (Å²) in [6, 6.07) is -2.91. The van der Waals surface area contributed by atoms with Crippen LogP contribution in [0, 0.1) is 5.92 Å². The van der Waals surface area contributed by atoms with E-state index in [1.807, 2.05) is 6.08 Å². The minimum atomic E-state index is -1.46. The van der Waals surface area contributed by atoms with Crippen molar-refractivity contribution in [3.8, 4) is 0 Å². The highest BCUT2D eigenvalue weighted by Crippen LogP contribution is 2.36. The van der Waals surface area contributed by atoms with Gasteiger partial charge in [0.2, 0.25) is 5.91 Å². The molecule has 44 heavy (non-hydrogen) atoms. The highest BCUT2D eigenvalue weighted by atomic mass is 16.7. The van der Waals surface area contributed by atoms with Crippen LogP contribution in [0.15, 0.2) is 16.8 Å². The number of carbonyl (C=O) groups excluding carboxylic acids is 1. The Morgan fingerprint density at radius 3 is 2.64 bits per heavy atom. The lowest BCUT2D eigenvalue weighted by Gasteiger charge is -2.50. The Balaban J connectivity index is 1.82. The van der Waals surface area contributed by atoms with E-state index in [1.54, 1.807) is 7.05 Å². The van der Waals surface area contributed by atoms with Gasteiger partial charge < -0.3 is 79.3 Å². The van der Waals surface area contributed by atoms with Gasteiger partial charge in [-0.1, -0.05) is 0 Å². The molecule has 1 saturated heterocycles. The first kappa shape index (κ1) is 36.3. The Kier molecular flexibility index (Phi) is 13.5. The van der Waals surface area contributed by atoms with Gasteiger partial charge in [0.15, 0.2) is 12.2 Å². The highest BCUT2D eigenvalue weighted by molar-refractivity contribution is 5.81. The average molecular weight is 632 g/mol. The summed E-state index contributed by atoms with van der Waals surface area (Å²) in [5.41, 5.74) is 27.9. The molecule has 17 N–H and O–H groups in total. The van der Waals surface area contributed by atoms with Crippen molar-refractivity contribution >= 4 is 11.9 Å². The van der Waals surface area contributed by atoms with Gasteiger partial charge in [-0.05, 0) is 52.4 Å². The summed E-state index contributed by atoms with van der Waals surface area (Å²) in [6.45, 7) is 3.08. The van der Waals surface area contributed by atoms with E-state index in [1.165, 1.54) is 6.92 Å². The summed E-state index contributed by atoms with van der Waals surface area (Å²) in [5, 5.41) is 52.8. The predicted molar refractivity (Wildman–Crippen MR) is 162 cm³/mol. The quantitative estimate of drug-likeness (QED) is 0.0483. The zero-order valence-electron chi connectivity index (χ0n) is 25.5. The maximum Gasteiger partial charge on any atom is 0.249 e. The number of aliphatic hydroxyl groups is 4. The van der Waals surface area contributed by atoms with E-state index in [9.17, 15) is 25.2 Å². The minimum Gasteiger partial charge on any atom is -0.492 e. The number of aliphatic imine (C=N–C) groups is 1. The third-order valence-corrected chi connectivity index (χ3v) is 8.47. The van der Waals surface area contributed by atoms with Gasteiger partial charge in [-0.3, -0.25) is 9.79 Å². The van der Waals surface area contributed by atoms with Gasteiger partial charge in [0.25, 0.3) is 0 Å².